The first-order valence-electron chi connectivity index (χ1n) is 5.60. The van der Waals surface area contributed by atoms with Crippen molar-refractivity contribution in [2.45, 2.75) is 31.5 Å². The van der Waals surface area contributed by atoms with E-state index in [9.17, 15) is 19.5 Å². The van der Waals surface area contributed by atoms with Gasteiger partial charge in [-0.3, -0.25) is 9.59 Å². The summed E-state index contributed by atoms with van der Waals surface area (Å²) in [4.78, 5) is 34.1. The molecule has 2 aliphatic carbocycles. The van der Waals surface area contributed by atoms with Crippen LogP contribution in [0, 0.1) is 17.8 Å². The maximum absolute atomic E-state index is 11.6. The lowest BCUT2D eigenvalue weighted by atomic mass is 9.78. The number of hydrogen-bond acceptors (Lipinski definition) is 5. The number of rotatable bonds is 2. The first-order chi connectivity index (χ1) is 7.96. The smallest absolute Gasteiger partial charge is 0.352 e. The van der Waals surface area contributed by atoms with Crippen LogP contribution in [0.2, 0.25) is 0 Å². The molecule has 0 spiro atoms. The summed E-state index contributed by atoms with van der Waals surface area (Å²) in [6, 6.07) is 0. The lowest BCUT2D eigenvalue weighted by Gasteiger charge is -2.33. The molecule has 0 aromatic heterocycles. The van der Waals surface area contributed by atoms with Crippen LogP contribution in [0.25, 0.3) is 0 Å². The molecule has 3 fully saturated rings. The number of fused-ring (bicyclic) bond motifs is 1. The van der Waals surface area contributed by atoms with E-state index in [1.165, 1.54) is 6.92 Å². The highest BCUT2D eigenvalue weighted by atomic mass is 16.6. The van der Waals surface area contributed by atoms with Crippen LogP contribution in [-0.2, 0) is 23.9 Å². The van der Waals surface area contributed by atoms with Gasteiger partial charge in [0.05, 0.1) is 5.92 Å². The van der Waals surface area contributed by atoms with Crippen LogP contribution >= 0.6 is 0 Å². The maximum atomic E-state index is 11.6. The van der Waals surface area contributed by atoms with Gasteiger partial charge in [-0.05, 0) is 12.8 Å². The molecule has 2 saturated carbocycles. The minimum Gasteiger partial charge on any atom is -0.478 e. The Morgan fingerprint density at radius 3 is 2.76 bits per heavy atom. The second-order valence-electron chi connectivity index (χ2n) is 4.99. The number of ether oxygens (including phenoxy) is 2. The van der Waals surface area contributed by atoms with E-state index in [0.29, 0.717) is 12.8 Å². The lowest BCUT2D eigenvalue weighted by Crippen LogP contribution is -2.54. The largest absolute Gasteiger partial charge is 0.478 e. The van der Waals surface area contributed by atoms with Crippen LogP contribution in [0.15, 0.2) is 0 Å². The summed E-state index contributed by atoms with van der Waals surface area (Å²) in [5, 5.41) is 9.35. The highest BCUT2D eigenvalue weighted by Gasteiger charge is 2.76. The van der Waals surface area contributed by atoms with Crippen LogP contribution in [0.1, 0.15) is 19.8 Å². The number of hydrogen-bond donors (Lipinski definition) is 1. The highest BCUT2D eigenvalue weighted by molar-refractivity contribution is 5.90. The van der Waals surface area contributed by atoms with Gasteiger partial charge in [-0.1, -0.05) is 0 Å². The van der Waals surface area contributed by atoms with Crippen molar-refractivity contribution >= 4 is 17.9 Å². The highest BCUT2D eigenvalue weighted by Crippen LogP contribution is 2.61. The number of carboxylic acids is 1. The fourth-order valence-corrected chi connectivity index (χ4v) is 3.68. The van der Waals surface area contributed by atoms with E-state index in [4.69, 9.17) is 9.47 Å². The van der Waals surface area contributed by atoms with Gasteiger partial charge in [-0.15, -0.1) is 0 Å². The average molecular weight is 240 g/mol. The van der Waals surface area contributed by atoms with Crippen molar-refractivity contribution in [1.29, 1.82) is 0 Å². The zero-order chi connectivity index (χ0) is 12.4. The standard InChI is InChI=1S/C11H12O6/c1-4(12)16-8-5-2-6-7(3-5)11(8,10(14)15)17-9(6)13/h5-8H,2-3H2,1H3,(H,14,15). The van der Waals surface area contributed by atoms with Crippen molar-refractivity contribution < 1.29 is 29.0 Å². The molecule has 3 aliphatic rings. The molecule has 5 unspecified atom stereocenters. The predicted molar refractivity (Wildman–Crippen MR) is 51.7 cm³/mol. The minimum absolute atomic E-state index is 0.0727. The molecule has 0 aromatic carbocycles. The summed E-state index contributed by atoms with van der Waals surface area (Å²) >= 11 is 0. The van der Waals surface area contributed by atoms with Gasteiger partial charge in [0, 0.05) is 18.8 Å². The molecule has 6 heteroatoms. The Labute approximate surface area is 96.9 Å². The molecule has 1 saturated heterocycles. The van der Waals surface area contributed by atoms with E-state index in [-0.39, 0.29) is 17.8 Å². The molecule has 92 valence electrons. The van der Waals surface area contributed by atoms with Gasteiger partial charge in [0.1, 0.15) is 0 Å². The number of carbonyl (C=O) groups excluding carboxylic acids is 2. The molecule has 5 atom stereocenters. The summed E-state index contributed by atoms with van der Waals surface area (Å²) < 4.78 is 10.2. The van der Waals surface area contributed by atoms with E-state index in [0.717, 1.165) is 0 Å². The zero-order valence-corrected chi connectivity index (χ0v) is 9.21. The maximum Gasteiger partial charge on any atom is 0.352 e. The Bertz CT molecular complexity index is 430. The number of carbonyl (C=O) groups is 3. The Kier molecular flexibility index (Phi) is 1.86. The summed E-state index contributed by atoms with van der Waals surface area (Å²) in [7, 11) is 0. The zero-order valence-electron chi connectivity index (χ0n) is 9.21. The van der Waals surface area contributed by atoms with Gasteiger partial charge in [-0.25, -0.2) is 4.79 Å². The van der Waals surface area contributed by atoms with Gasteiger partial charge < -0.3 is 14.6 Å². The fraction of sp³-hybridized carbons (Fsp3) is 0.727. The third-order valence-electron chi connectivity index (χ3n) is 4.20. The Morgan fingerprint density at radius 1 is 1.47 bits per heavy atom. The minimum atomic E-state index is -1.63. The van der Waals surface area contributed by atoms with Crippen LogP contribution in [-0.4, -0.2) is 34.7 Å². The van der Waals surface area contributed by atoms with E-state index in [1.807, 2.05) is 0 Å². The Morgan fingerprint density at radius 2 is 2.18 bits per heavy atom. The SMILES string of the molecule is CC(=O)OC1C2CC3C(=O)OC1(C(=O)O)C3C2. The molecule has 1 heterocycles. The fourth-order valence-electron chi connectivity index (χ4n) is 3.68. The first-order valence-corrected chi connectivity index (χ1v) is 5.60. The molecule has 0 aromatic rings. The van der Waals surface area contributed by atoms with Crippen molar-refractivity contribution in [3.8, 4) is 0 Å². The van der Waals surface area contributed by atoms with Crippen molar-refractivity contribution in [2.75, 3.05) is 0 Å². The molecule has 0 amide bonds. The van der Waals surface area contributed by atoms with Gasteiger partial charge in [-0.2, -0.15) is 0 Å². The molecule has 17 heavy (non-hydrogen) atoms. The second-order valence-corrected chi connectivity index (χ2v) is 4.99. The molecule has 3 rings (SSSR count). The molecule has 0 radical (unpaired) electrons. The number of carboxylic acid groups (broad SMARTS) is 1. The third kappa shape index (κ3) is 1.08. The first kappa shape index (κ1) is 10.6. The molecular weight excluding hydrogens is 228 g/mol. The second kappa shape index (κ2) is 3.00. The third-order valence-corrected chi connectivity index (χ3v) is 4.20. The lowest BCUT2D eigenvalue weighted by molar-refractivity contribution is -0.191. The average Bonchev–Trinajstić information content (AvgIpc) is 2.80. The molecule has 1 aliphatic heterocycles. The molecule has 6 nitrogen and oxygen atoms in total. The molecule has 2 bridgehead atoms. The van der Waals surface area contributed by atoms with Crippen LogP contribution < -0.4 is 0 Å². The predicted octanol–water partition coefficient (Wildman–Crippen LogP) is -0.0457. The summed E-state index contributed by atoms with van der Waals surface area (Å²) in [5.41, 5.74) is -1.63. The quantitative estimate of drug-likeness (QED) is 0.681. The topological polar surface area (TPSA) is 89.9 Å². The van der Waals surface area contributed by atoms with E-state index in [1.54, 1.807) is 0 Å². The summed E-state index contributed by atoms with van der Waals surface area (Å²) in [5.74, 6) is -2.95. The monoisotopic (exact) mass is 240 g/mol. The van der Waals surface area contributed by atoms with Gasteiger partial charge in [0.25, 0.3) is 0 Å². The molecule has 1 N–H and O–H groups in total. The van der Waals surface area contributed by atoms with Crippen LogP contribution in [0.5, 0.6) is 0 Å². The van der Waals surface area contributed by atoms with Crippen molar-refractivity contribution in [1.82, 2.24) is 0 Å². The molecular formula is C11H12O6. The van der Waals surface area contributed by atoms with Gasteiger partial charge in [0.15, 0.2) is 6.10 Å². The Hall–Kier alpha value is -1.59. The van der Waals surface area contributed by atoms with Crippen LogP contribution in [0.3, 0.4) is 0 Å². The van der Waals surface area contributed by atoms with Crippen molar-refractivity contribution in [3.05, 3.63) is 0 Å². The number of aliphatic carboxylic acids is 1. The van der Waals surface area contributed by atoms with E-state index in [2.05, 4.69) is 0 Å². The van der Waals surface area contributed by atoms with Crippen LogP contribution in [0.4, 0.5) is 0 Å². The van der Waals surface area contributed by atoms with Crippen molar-refractivity contribution in [3.63, 3.8) is 0 Å². The van der Waals surface area contributed by atoms with Gasteiger partial charge >= 0.3 is 17.9 Å². The van der Waals surface area contributed by atoms with Crippen molar-refractivity contribution in [2.24, 2.45) is 17.8 Å². The summed E-state index contributed by atoms with van der Waals surface area (Å²) in [6.07, 6.45) is 0.321. The normalized spacial score (nSPS) is 45.8. The number of esters is 2. The van der Waals surface area contributed by atoms with E-state index < -0.39 is 29.6 Å². The Balaban J connectivity index is 2.03. The summed E-state index contributed by atoms with van der Waals surface area (Å²) in [6.45, 7) is 1.23. The van der Waals surface area contributed by atoms with E-state index >= 15 is 0 Å². The van der Waals surface area contributed by atoms with Gasteiger partial charge in [0.2, 0.25) is 5.60 Å².